The van der Waals surface area contributed by atoms with E-state index >= 15 is 0 Å². The SMILES string of the molecule is O=C(CNC1CCCC1)Nc1c(F)cccc1C(=O)O. The number of aromatic carboxylic acids is 1. The summed E-state index contributed by atoms with van der Waals surface area (Å²) in [6.45, 7) is 0.0536. The van der Waals surface area contributed by atoms with Crippen molar-refractivity contribution in [2.75, 3.05) is 11.9 Å². The maximum absolute atomic E-state index is 13.6. The summed E-state index contributed by atoms with van der Waals surface area (Å²) in [6.07, 6.45) is 4.37. The van der Waals surface area contributed by atoms with Crippen molar-refractivity contribution in [1.82, 2.24) is 5.32 Å². The molecule has 0 unspecified atom stereocenters. The molecule has 0 saturated heterocycles. The van der Waals surface area contributed by atoms with Crippen LogP contribution in [0, 0.1) is 5.82 Å². The molecular formula is C14H17FN2O3. The van der Waals surface area contributed by atoms with E-state index in [4.69, 9.17) is 5.11 Å². The van der Waals surface area contributed by atoms with Crippen LogP contribution in [0.2, 0.25) is 0 Å². The first kappa shape index (κ1) is 14.5. The summed E-state index contributed by atoms with van der Waals surface area (Å²) in [5.74, 6) is -2.47. The Balaban J connectivity index is 1.98. The van der Waals surface area contributed by atoms with Gasteiger partial charge in [0.1, 0.15) is 5.82 Å². The molecular weight excluding hydrogens is 263 g/mol. The maximum atomic E-state index is 13.6. The zero-order chi connectivity index (χ0) is 14.5. The largest absolute Gasteiger partial charge is 0.478 e. The van der Waals surface area contributed by atoms with Gasteiger partial charge in [-0.2, -0.15) is 0 Å². The second kappa shape index (κ2) is 6.47. The molecule has 108 valence electrons. The lowest BCUT2D eigenvalue weighted by molar-refractivity contribution is -0.115. The van der Waals surface area contributed by atoms with Crippen LogP contribution in [-0.2, 0) is 4.79 Å². The highest BCUT2D eigenvalue weighted by molar-refractivity contribution is 6.01. The molecule has 5 nitrogen and oxygen atoms in total. The standard InChI is InChI=1S/C14H17FN2O3/c15-11-7-3-6-10(14(19)20)13(11)17-12(18)8-16-9-4-1-2-5-9/h3,6-7,9,16H,1-2,4-5,8H2,(H,17,18)(H,19,20). The smallest absolute Gasteiger partial charge is 0.337 e. The van der Waals surface area contributed by atoms with Gasteiger partial charge in [-0.3, -0.25) is 4.79 Å². The molecule has 0 bridgehead atoms. The van der Waals surface area contributed by atoms with Gasteiger partial charge < -0.3 is 15.7 Å². The van der Waals surface area contributed by atoms with E-state index in [0.29, 0.717) is 6.04 Å². The number of rotatable bonds is 5. The van der Waals surface area contributed by atoms with Crippen molar-refractivity contribution < 1.29 is 19.1 Å². The maximum Gasteiger partial charge on any atom is 0.337 e. The number of amides is 1. The summed E-state index contributed by atoms with van der Waals surface area (Å²) in [5.41, 5.74) is -0.530. The molecule has 20 heavy (non-hydrogen) atoms. The van der Waals surface area contributed by atoms with Crippen LogP contribution in [0.5, 0.6) is 0 Å². The van der Waals surface area contributed by atoms with Crippen molar-refractivity contribution in [1.29, 1.82) is 0 Å². The van der Waals surface area contributed by atoms with E-state index in [1.807, 2.05) is 0 Å². The Morgan fingerprint density at radius 2 is 2.00 bits per heavy atom. The number of carboxylic acid groups (broad SMARTS) is 1. The second-order valence-corrected chi connectivity index (χ2v) is 4.88. The van der Waals surface area contributed by atoms with Gasteiger partial charge in [-0.1, -0.05) is 18.9 Å². The molecule has 1 aromatic carbocycles. The van der Waals surface area contributed by atoms with Gasteiger partial charge in [0.05, 0.1) is 17.8 Å². The van der Waals surface area contributed by atoms with Gasteiger partial charge in [0.25, 0.3) is 0 Å². The van der Waals surface area contributed by atoms with Gasteiger partial charge in [0.2, 0.25) is 5.91 Å². The zero-order valence-electron chi connectivity index (χ0n) is 11.0. The second-order valence-electron chi connectivity index (χ2n) is 4.88. The van der Waals surface area contributed by atoms with Gasteiger partial charge in [-0.15, -0.1) is 0 Å². The Labute approximate surface area is 116 Å². The van der Waals surface area contributed by atoms with Gasteiger partial charge in [-0.05, 0) is 25.0 Å². The van der Waals surface area contributed by atoms with Crippen LogP contribution in [0.25, 0.3) is 0 Å². The van der Waals surface area contributed by atoms with E-state index < -0.39 is 17.7 Å². The lowest BCUT2D eigenvalue weighted by atomic mass is 10.1. The van der Waals surface area contributed by atoms with Gasteiger partial charge in [0.15, 0.2) is 0 Å². The number of para-hydroxylation sites is 1. The normalized spacial score (nSPS) is 15.2. The van der Waals surface area contributed by atoms with Gasteiger partial charge in [0, 0.05) is 6.04 Å². The molecule has 1 aliphatic rings. The fraction of sp³-hybridized carbons (Fsp3) is 0.429. The van der Waals surface area contributed by atoms with Crippen LogP contribution in [0.4, 0.5) is 10.1 Å². The number of halogens is 1. The molecule has 1 saturated carbocycles. The molecule has 0 atom stereocenters. The Hall–Kier alpha value is -1.95. The average Bonchev–Trinajstić information content (AvgIpc) is 2.91. The van der Waals surface area contributed by atoms with E-state index in [-0.39, 0.29) is 17.8 Å². The number of anilines is 1. The summed E-state index contributed by atoms with van der Waals surface area (Å²) in [5, 5.41) is 14.4. The molecule has 0 heterocycles. The number of nitrogens with one attached hydrogen (secondary N) is 2. The first-order chi connectivity index (χ1) is 9.58. The van der Waals surface area contributed by atoms with Crippen molar-refractivity contribution in [3.63, 3.8) is 0 Å². The number of hydrogen-bond acceptors (Lipinski definition) is 3. The lowest BCUT2D eigenvalue weighted by Gasteiger charge is -2.13. The van der Waals surface area contributed by atoms with E-state index in [0.717, 1.165) is 31.7 Å². The van der Waals surface area contributed by atoms with Crippen LogP contribution < -0.4 is 10.6 Å². The Kier molecular flexibility index (Phi) is 4.68. The van der Waals surface area contributed by atoms with E-state index in [1.54, 1.807) is 0 Å². The first-order valence-electron chi connectivity index (χ1n) is 6.63. The topological polar surface area (TPSA) is 78.4 Å². The third kappa shape index (κ3) is 3.54. The molecule has 0 spiro atoms. The zero-order valence-corrected chi connectivity index (χ0v) is 11.0. The van der Waals surface area contributed by atoms with Crippen molar-refractivity contribution in [3.05, 3.63) is 29.6 Å². The highest BCUT2D eigenvalue weighted by Crippen LogP contribution is 2.20. The minimum absolute atomic E-state index is 0.0536. The van der Waals surface area contributed by atoms with E-state index in [9.17, 15) is 14.0 Å². The van der Waals surface area contributed by atoms with Crippen molar-refractivity contribution in [2.24, 2.45) is 0 Å². The summed E-state index contributed by atoms with van der Waals surface area (Å²) in [4.78, 5) is 22.8. The summed E-state index contributed by atoms with van der Waals surface area (Å²) >= 11 is 0. The monoisotopic (exact) mass is 280 g/mol. The molecule has 3 N–H and O–H groups in total. The number of carboxylic acids is 1. The highest BCUT2D eigenvalue weighted by Gasteiger charge is 2.18. The average molecular weight is 280 g/mol. The lowest BCUT2D eigenvalue weighted by Crippen LogP contribution is -2.34. The van der Waals surface area contributed by atoms with Crippen molar-refractivity contribution in [3.8, 4) is 0 Å². The predicted molar refractivity (Wildman–Crippen MR) is 72.2 cm³/mol. The van der Waals surface area contributed by atoms with Crippen LogP contribution in [0.1, 0.15) is 36.0 Å². The third-order valence-electron chi connectivity index (χ3n) is 3.41. The molecule has 1 aliphatic carbocycles. The van der Waals surface area contributed by atoms with Crippen LogP contribution in [-0.4, -0.2) is 29.6 Å². The fourth-order valence-electron chi connectivity index (χ4n) is 2.38. The van der Waals surface area contributed by atoms with Crippen LogP contribution in [0.15, 0.2) is 18.2 Å². The minimum Gasteiger partial charge on any atom is -0.478 e. The number of hydrogen-bond donors (Lipinski definition) is 3. The Morgan fingerprint density at radius 1 is 1.30 bits per heavy atom. The molecule has 0 aliphatic heterocycles. The summed E-state index contributed by atoms with van der Waals surface area (Å²) < 4.78 is 13.6. The first-order valence-corrected chi connectivity index (χ1v) is 6.63. The van der Waals surface area contributed by atoms with Gasteiger partial charge in [-0.25, -0.2) is 9.18 Å². The summed E-state index contributed by atoms with van der Waals surface area (Å²) in [6, 6.07) is 3.99. The number of carbonyl (C=O) groups excluding carboxylic acids is 1. The van der Waals surface area contributed by atoms with Crippen molar-refractivity contribution >= 4 is 17.6 Å². The molecule has 1 amide bonds. The number of carbonyl (C=O) groups is 2. The molecule has 0 aromatic heterocycles. The predicted octanol–water partition coefficient (Wildman–Crippen LogP) is 1.99. The highest BCUT2D eigenvalue weighted by atomic mass is 19.1. The number of benzene rings is 1. The Bertz CT molecular complexity index is 513. The fourth-order valence-corrected chi connectivity index (χ4v) is 2.38. The minimum atomic E-state index is -1.27. The van der Waals surface area contributed by atoms with E-state index in [2.05, 4.69) is 10.6 Å². The molecule has 1 aromatic rings. The summed E-state index contributed by atoms with van der Waals surface area (Å²) in [7, 11) is 0. The molecule has 0 radical (unpaired) electrons. The van der Waals surface area contributed by atoms with Crippen LogP contribution in [0.3, 0.4) is 0 Å². The quantitative estimate of drug-likeness (QED) is 0.770. The molecule has 2 rings (SSSR count). The van der Waals surface area contributed by atoms with E-state index in [1.165, 1.54) is 12.1 Å². The van der Waals surface area contributed by atoms with Gasteiger partial charge >= 0.3 is 5.97 Å². The van der Waals surface area contributed by atoms with Crippen LogP contribution >= 0.6 is 0 Å². The molecule has 1 fully saturated rings. The molecule has 6 heteroatoms. The Morgan fingerprint density at radius 3 is 2.65 bits per heavy atom. The third-order valence-corrected chi connectivity index (χ3v) is 3.41. The van der Waals surface area contributed by atoms with Crippen molar-refractivity contribution in [2.45, 2.75) is 31.7 Å².